The Kier molecular flexibility index (Phi) is 5.94. The van der Waals surface area contributed by atoms with E-state index in [1.807, 2.05) is 0 Å². The Morgan fingerprint density at radius 1 is 1.45 bits per heavy atom. The summed E-state index contributed by atoms with van der Waals surface area (Å²) >= 11 is 3.30. The Balaban J connectivity index is 1.64. The van der Waals surface area contributed by atoms with Crippen LogP contribution < -0.4 is 5.32 Å². The van der Waals surface area contributed by atoms with Crippen LogP contribution in [0, 0.1) is 0 Å². The highest BCUT2D eigenvalue weighted by Gasteiger charge is 2.16. The van der Waals surface area contributed by atoms with Crippen molar-refractivity contribution in [3.05, 3.63) is 28.5 Å². The van der Waals surface area contributed by atoms with Gasteiger partial charge in [0, 0.05) is 36.5 Å². The molecule has 0 saturated carbocycles. The number of nitrogens with one attached hydrogen (secondary N) is 1. The number of aromatic nitrogens is 1. The lowest BCUT2D eigenvalue weighted by atomic mass is 10.1. The number of carbonyl (C=O) groups excluding carboxylic acids is 1. The number of nitrogens with zero attached hydrogens (tertiary/aromatic N) is 2. The number of carbonyl (C=O) groups is 1. The molecule has 6 heteroatoms. The van der Waals surface area contributed by atoms with Crippen molar-refractivity contribution in [1.29, 1.82) is 0 Å². The molecule has 1 aliphatic rings. The molecule has 0 atom stereocenters. The van der Waals surface area contributed by atoms with Gasteiger partial charge in [0.15, 0.2) is 0 Å². The summed E-state index contributed by atoms with van der Waals surface area (Å²) < 4.78 is 0.803. The first kappa shape index (κ1) is 15.4. The summed E-state index contributed by atoms with van der Waals surface area (Å²) in [5.74, 6) is -0.0899. The lowest BCUT2D eigenvalue weighted by Crippen LogP contribution is -2.37. The van der Waals surface area contributed by atoms with Gasteiger partial charge in [-0.3, -0.25) is 9.78 Å². The molecular formula is C14H20BrN3O2. The summed E-state index contributed by atoms with van der Waals surface area (Å²) in [7, 11) is 0. The highest BCUT2D eigenvalue weighted by Crippen LogP contribution is 2.10. The molecule has 0 aliphatic carbocycles. The largest absolute Gasteiger partial charge is 0.393 e. The van der Waals surface area contributed by atoms with Gasteiger partial charge in [-0.15, -0.1) is 0 Å². The van der Waals surface area contributed by atoms with Crippen LogP contribution in [0.25, 0.3) is 0 Å². The number of hydrogen-bond acceptors (Lipinski definition) is 4. The van der Waals surface area contributed by atoms with Crippen LogP contribution in [0.15, 0.2) is 22.9 Å². The molecule has 1 aromatic heterocycles. The number of likely N-dealkylation sites (tertiary alicyclic amines) is 1. The van der Waals surface area contributed by atoms with Crippen LogP contribution in [0.4, 0.5) is 0 Å². The number of aliphatic hydroxyl groups is 1. The average molecular weight is 342 g/mol. The average Bonchev–Trinajstić information content (AvgIpc) is 2.45. The van der Waals surface area contributed by atoms with E-state index in [0.29, 0.717) is 12.1 Å². The fourth-order valence-electron chi connectivity index (χ4n) is 2.29. The molecule has 1 aliphatic heterocycles. The first-order valence-electron chi connectivity index (χ1n) is 6.94. The molecule has 2 N–H and O–H groups in total. The van der Waals surface area contributed by atoms with E-state index in [2.05, 4.69) is 31.1 Å². The SMILES string of the molecule is O=C(NCCCN1CCC(O)CC1)c1cncc(Br)c1. The van der Waals surface area contributed by atoms with Crippen LogP contribution in [0.5, 0.6) is 0 Å². The Bertz CT molecular complexity index is 448. The van der Waals surface area contributed by atoms with Crippen LogP contribution in [0.2, 0.25) is 0 Å². The second kappa shape index (κ2) is 7.71. The number of halogens is 1. The predicted octanol–water partition coefficient (Wildman–Crippen LogP) is 1.42. The van der Waals surface area contributed by atoms with E-state index in [9.17, 15) is 9.90 Å². The Hall–Kier alpha value is -0.980. The van der Waals surface area contributed by atoms with Gasteiger partial charge in [-0.25, -0.2) is 0 Å². The number of amides is 1. The normalized spacial score (nSPS) is 17.1. The highest BCUT2D eigenvalue weighted by atomic mass is 79.9. The number of aliphatic hydroxyl groups excluding tert-OH is 1. The van der Waals surface area contributed by atoms with Crippen LogP contribution >= 0.6 is 15.9 Å². The molecule has 0 radical (unpaired) electrons. The van der Waals surface area contributed by atoms with Crippen molar-refractivity contribution in [3.63, 3.8) is 0 Å². The van der Waals surface area contributed by atoms with Gasteiger partial charge >= 0.3 is 0 Å². The summed E-state index contributed by atoms with van der Waals surface area (Å²) in [6.45, 7) is 3.52. The first-order chi connectivity index (χ1) is 9.65. The van der Waals surface area contributed by atoms with E-state index in [1.54, 1.807) is 18.5 Å². The molecule has 0 aromatic carbocycles. The second-order valence-corrected chi connectivity index (χ2v) is 5.99. The first-order valence-corrected chi connectivity index (χ1v) is 7.73. The van der Waals surface area contributed by atoms with Crippen molar-refractivity contribution in [2.75, 3.05) is 26.2 Å². The lowest BCUT2D eigenvalue weighted by molar-refractivity contribution is 0.0816. The zero-order chi connectivity index (χ0) is 14.4. The maximum Gasteiger partial charge on any atom is 0.252 e. The van der Waals surface area contributed by atoms with Crippen LogP contribution in [-0.4, -0.2) is 53.2 Å². The van der Waals surface area contributed by atoms with Crippen molar-refractivity contribution in [1.82, 2.24) is 15.2 Å². The third-order valence-corrected chi connectivity index (χ3v) is 3.89. The summed E-state index contributed by atoms with van der Waals surface area (Å²) in [5.41, 5.74) is 0.570. The molecule has 110 valence electrons. The zero-order valence-electron chi connectivity index (χ0n) is 11.4. The van der Waals surface area contributed by atoms with Gasteiger partial charge in [-0.05, 0) is 47.8 Å². The van der Waals surface area contributed by atoms with Crippen LogP contribution in [-0.2, 0) is 0 Å². The summed E-state index contributed by atoms with van der Waals surface area (Å²) in [4.78, 5) is 18.2. The monoisotopic (exact) mass is 341 g/mol. The maximum atomic E-state index is 11.9. The molecule has 2 heterocycles. The van der Waals surface area contributed by atoms with Gasteiger partial charge in [-0.1, -0.05) is 0 Å². The standard InChI is InChI=1S/C14H20BrN3O2/c15-12-8-11(9-16-10-12)14(20)17-4-1-5-18-6-2-13(19)3-7-18/h8-10,13,19H,1-7H2,(H,17,20). The number of rotatable bonds is 5. The smallest absolute Gasteiger partial charge is 0.252 e. The summed E-state index contributed by atoms with van der Waals surface area (Å²) in [5, 5.41) is 12.3. The van der Waals surface area contributed by atoms with E-state index < -0.39 is 0 Å². The van der Waals surface area contributed by atoms with Gasteiger partial charge in [0.05, 0.1) is 11.7 Å². The Morgan fingerprint density at radius 2 is 2.20 bits per heavy atom. The zero-order valence-corrected chi connectivity index (χ0v) is 13.0. The highest BCUT2D eigenvalue weighted by molar-refractivity contribution is 9.10. The minimum absolute atomic E-state index is 0.0899. The fourth-order valence-corrected chi connectivity index (χ4v) is 2.65. The van der Waals surface area contributed by atoms with Crippen molar-refractivity contribution in [2.45, 2.75) is 25.4 Å². The van der Waals surface area contributed by atoms with Crippen molar-refractivity contribution in [3.8, 4) is 0 Å². The predicted molar refractivity (Wildman–Crippen MR) is 80.6 cm³/mol. The quantitative estimate of drug-likeness (QED) is 0.795. The third-order valence-electron chi connectivity index (χ3n) is 3.46. The van der Waals surface area contributed by atoms with Gasteiger partial charge in [-0.2, -0.15) is 0 Å². The molecule has 1 amide bonds. The minimum Gasteiger partial charge on any atom is -0.393 e. The summed E-state index contributed by atoms with van der Waals surface area (Å²) in [6, 6.07) is 1.76. The molecule has 0 bridgehead atoms. The maximum absolute atomic E-state index is 11.9. The van der Waals surface area contributed by atoms with Gasteiger partial charge < -0.3 is 15.3 Å². The van der Waals surface area contributed by atoms with Crippen molar-refractivity contribution in [2.24, 2.45) is 0 Å². The molecule has 1 fully saturated rings. The van der Waals surface area contributed by atoms with Gasteiger partial charge in [0.2, 0.25) is 0 Å². The number of hydrogen-bond donors (Lipinski definition) is 2. The number of piperidine rings is 1. The van der Waals surface area contributed by atoms with Crippen molar-refractivity contribution >= 4 is 21.8 Å². The minimum atomic E-state index is -0.130. The van der Waals surface area contributed by atoms with E-state index in [1.165, 1.54) is 0 Å². The topological polar surface area (TPSA) is 65.5 Å². The molecular weight excluding hydrogens is 322 g/mol. The molecule has 0 spiro atoms. The Morgan fingerprint density at radius 3 is 2.90 bits per heavy atom. The third kappa shape index (κ3) is 4.85. The molecule has 1 aromatic rings. The van der Waals surface area contributed by atoms with Gasteiger partial charge in [0.25, 0.3) is 5.91 Å². The lowest BCUT2D eigenvalue weighted by Gasteiger charge is -2.29. The fraction of sp³-hybridized carbons (Fsp3) is 0.571. The molecule has 0 unspecified atom stereocenters. The van der Waals surface area contributed by atoms with Gasteiger partial charge in [0.1, 0.15) is 0 Å². The number of pyridine rings is 1. The van der Waals surface area contributed by atoms with Crippen LogP contribution in [0.3, 0.4) is 0 Å². The second-order valence-electron chi connectivity index (χ2n) is 5.07. The molecule has 20 heavy (non-hydrogen) atoms. The molecule has 5 nitrogen and oxygen atoms in total. The molecule has 2 rings (SSSR count). The van der Waals surface area contributed by atoms with Crippen LogP contribution in [0.1, 0.15) is 29.6 Å². The van der Waals surface area contributed by atoms with E-state index >= 15 is 0 Å². The van der Waals surface area contributed by atoms with E-state index in [-0.39, 0.29) is 12.0 Å². The van der Waals surface area contributed by atoms with E-state index in [0.717, 1.165) is 43.4 Å². The summed E-state index contributed by atoms with van der Waals surface area (Å²) in [6.07, 6.45) is 5.72. The molecule has 1 saturated heterocycles. The van der Waals surface area contributed by atoms with E-state index in [4.69, 9.17) is 0 Å². The Labute approximate surface area is 127 Å². The van der Waals surface area contributed by atoms with Crippen molar-refractivity contribution < 1.29 is 9.90 Å².